The Morgan fingerprint density at radius 1 is 1.14 bits per heavy atom. The molecule has 0 aliphatic carbocycles. The van der Waals surface area contributed by atoms with Crippen molar-refractivity contribution >= 4 is 0 Å². The van der Waals surface area contributed by atoms with Crippen molar-refractivity contribution in [2.24, 2.45) is 5.73 Å². The number of nitrogens with one attached hydrogen (secondary N) is 1. The van der Waals surface area contributed by atoms with E-state index in [9.17, 15) is 4.39 Å². The van der Waals surface area contributed by atoms with E-state index in [1.807, 2.05) is 31.2 Å². The summed E-state index contributed by atoms with van der Waals surface area (Å²) in [7, 11) is 0. The number of rotatable bonds is 3. The summed E-state index contributed by atoms with van der Waals surface area (Å²) in [5, 5.41) is 7.06. The van der Waals surface area contributed by atoms with Crippen LogP contribution in [0.3, 0.4) is 0 Å². The summed E-state index contributed by atoms with van der Waals surface area (Å²) in [6, 6.07) is 13.5. The van der Waals surface area contributed by atoms with E-state index in [1.165, 1.54) is 12.1 Å². The summed E-state index contributed by atoms with van der Waals surface area (Å²) in [5.41, 5.74) is 8.99. The highest BCUT2D eigenvalue weighted by molar-refractivity contribution is 5.55. The largest absolute Gasteiger partial charge is 0.318 e. The molecule has 3 aromatic rings. The predicted molar refractivity (Wildman–Crippen MR) is 79.0 cm³/mol. The fourth-order valence-electron chi connectivity index (χ4n) is 2.15. The van der Waals surface area contributed by atoms with Gasteiger partial charge in [0, 0.05) is 5.56 Å². The van der Waals surface area contributed by atoms with E-state index in [-0.39, 0.29) is 5.82 Å². The second kappa shape index (κ2) is 5.46. The summed E-state index contributed by atoms with van der Waals surface area (Å²) in [6.45, 7) is 2.02. The number of halogens is 1. The van der Waals surface area contributed by atoms with Crippen LogP contribution in [0.5, 0.6) is 0 Å². The third-order valence-electron chi connectivity index (χ3n) is 3.30. The van der Waals surface area contributed by atoms with Gasteiger partial charge in [-0.3, -0.25) is 5.10 Å². The van der Waals surface area contributed by atoms with E-state index in [2.05, 4.69) is 15.2 Å². The summed E-state index contributed by atoms with van der Waals surface area (Å²) in [6.07, 6.45) is 0. The molecule has 0 saturated heterocycles. The van der Waals surface area contributed by atoms with E-state index in [0.29, 0.717) is 11.6 Å². The first kappa shape index (κ1) is 13.5. The molecule has 3 rings (SSSR count). The van der Waals surface area contributed by atoms with Crippen LogP contribution < -0.4 is 5.73 Å². The lowest BCUT2D eigenvalue weighted by Gasteiger charge is -2.07. The van der Waals surface area contributed by atoms with Crippen molar-refractivity contribution in [3.05, 3.63) is 71.3 Å². The van der Waals surface area contributed by atoms with Gasteiger partial charge in [-0.2, -0.15) is 5.10 Å². The summed E-state index contributed by atoms with van der Waals surface area (Å²) in [4.78, 5) is 4.43. The second-order valence-electron chi connectivity index (χ2n) is 4.94. The number of benzene rings is 2. The molecule has 1 atom stereocenters. The molecule has 1 heterocycles. The molecule has 0 fully saturated rings. The Bertz CT molecular complexity index is 749. The molecule has 0 aliphatic rings. The molecule has 0 bridgehead atoms. The smallest absolute Gasteiger partial charge is 0.181 e. The maximum Gasteiger partial charge on any atom is 0.181 e. The minimum Gasteiger partial charge on any atom is -0.318 e. The third kappa shape index (κ3) is 2.83. The maximum absolute atomic E-state index is 12.9. The molecule has 0 aliphatic heterocycles. The van der Waals surface area contributed by atoms with E-state index in [1.54, 1.807) is 12.1 Å². The third-order valence-corrected chi connectivity index (χ3v) is 3.30. The first-order valence-electron chi connectivity index (χ1n) is 6.64. The van der Waals surface area contributed by atoms with Crippen molar-refractivity contribution < 1.29 is 4.39 Å². The lowest BCUT2D eigenvalue weighted by molar-refractivity contribution is 0.626. The molecular formula is C16H15FN4. The van der Waals surface area contributed by atoms with Crippen molar-refractivity contribution in [1.29, 1.82) is 0 Å². The van der Waals surface area contributed by atoms with E-state index >= 15 is 0 Å². The highest BCUT2D eigenvalue weighted by Gasteiger charge is 2.14. The maximum atomic E-state index is 12.9. The summed E-state index contributed by atoms with van der Waals surface area (Å²) >= 11 is 0. The number of aromatic nitrogens is 3. The van der Waals surface area contributed by atoms with Gasteiger partial charge >= 0.3 is 0 Å². The Labute approximate surface area is 121 Å². The average Bonchev–Trinajstić information content (AvgIpc) is 2.97. The number of hydrogen-bond acceptors (Lipinski definition) is 3. The van der Waals surface area contributed by atoms with Crippen LogP contribution in [-0.4, -0.2) is 15.2 Å². The van der Waals surface area contributed by atoms with Gasteiger partial charge in [-0.25, -0.2) is 9.37 Å². The highest BCUT2D eigenvalue weighted by Crippen LogP contribution is 2.20. The number of nitrogens with two attached hydrogens (primary N) is 1. The van der Waals surface area contributed by atoms with Crippen LogP contribution in [0.15, 0.2) is 48.5 Å². The normalized spacial score (nSPS) is 12.3. The van der Waals surface area contributed by atoms with Crippen LogP contribution in [0.25, 0.3) is 11.4 Å². The van der Waals surface area contributed by atoms with Crippen molar-refractivity contribution in [3.63, 3.8) is 0 Å². The Balaban J connectivity index is 1.89. The Hall–Kier alpha value is -2.53. The Kier molecular flexibility index (Phi) is 3.50. The lowest BCUT2D eigenvalue weighted by atomic mass is 10.1. The molecule has 0 radical (unpaired) electrons. The van der Waals surface area contributed by atoms with Crippen molar-refractivity contribution in [3.8, 4) is 11.4 Å². The lowest BCUT2D eigenvalue weighted by Crippen LogP contribution is -2.13. The van der Waals surface area contributed by atoms with Gasteiger partial charge in [-0.1, -0.05) is 35.9 Å². The monoisotopic (exact) mass is 282 g/mol. The topological polar surface area (TPSA) is 67.6 Å². The van der Waals surface area contributed by atoms with Gasteiger partial charge in [0.1, 0.15) is 11.6 Å². The van der Waals surface area contributed by atoms with Gasteiger partial charge in [-0.05, 0) is 30.7 Å². The Morgan fingerprint density at radius 3 is 2.62 bits per heavy atom. The molecular weight excluding hydrogens is 267 g/mol. The summed E-state index contributed by atoms with van der Waals surface area (Å²) < 4.78 is 12.9. The zero-order valence-electron chi connectivity index (χ0n) is 11.5. The van der Waals surface area contributed by atoms with Crippen LogP contribution in [0, 0.1) is 12.7 Å². The van der Waals surface area contributed by atoms with Crippen LogP contribution in [0.2, 0.25) is 0 Å². The fourth-order valence-corrected chi connectivity index (χ4v) is 2.15. The van der Waals surface area contributed by atoms with E-state index < -0.39 is 6.04 Å². The van der Waals surface area contributed by atoms with Gasteiger partial charge in [0.15, 0.2) is 5.82 Å². The van der Waals surface area contributed by atoms with Gasteiger partial charge in [-0.15, -0.1) is 0 Å². The van der Waals surface area contributed by atoms with Gasteiger partial charge in [0.05, 0.1) is 6.04 Å². The summed E-state index contributed by atoms with van der Waals surface area (Å²) in [5.74, 6) is 0.869. The van der Waals surface area contributed by atoms with Gasteiger partial charge in [0.25, 0.3) is 0 Å². The Morgan fingerprint density at radius 2 is 1.90 bits per heavy atom. The number of nitrogens with zero attached hydrogens (tertiary/aromatic N) is 2. The second-order valence-corrected chi connectivity index (χ2v) is 4.94. The first-order valence-corrected chi connectivity index (χ1v) is 6.64. The van der Waals surface area contributed by atoms with Gasteiger partial charge in [0.2, 0.25) is 0 Å². The number of aromatic amines is 1. The highest BCUT2D eigenvalue weighted by atomic mass is 19.1. The predicted octanol–water partition coefficient (Wildman–Crippen LogP) is 2.97. The molecule has 4 nitrogen and oxygen atoms in total. The minimum atomic E-state index is -0.461. The van der Waals surface area contributed by atoms with Crippen molar-refractivity contribution in [2.45, 2.75) is 13.0 Å². The molecule has 0 saturated carbocycles. The minimum absolute atomic E-state index is 0.288. The van der Waals surface area contributed by atoms with Crippen LogP contribution >= 0.6 is 0 Å². The molecule has 5 heteroatoms. The quantitative estimate of drug-likeness (QED) is 0.776. The zero-order chi connectivity index (χ0) is 14.8. The van der Waals surface area contributed by atoms with E-state index in [4.69, 9.17) is 5.73 Å². The average molecular weight is 282 g/mol. The number of hydrogen-bond donors (Lipinski definition) is 2. The molecule has 21 heavy (non-hydrogen) atoms. The van der Waals surface area contributed by atoms with Crippen LogP contribution in [0.4, 0.5) is 4.39 Å². The molecule has 1 aromatic heterocycles. The molecule has 2 aromatic carbocycles. The van der Waals surface area contributed by atoms with Crippen molar-refractivity contribution in [1.82, 2.24) is 15.2 Å². The van der Waals surface area contributed by atoms with E-state index in [0.717, 1.165) is 16.7 Å². The standard InChI is InChI=1S/C16H15FN4/c1-10-3-2-4-12(9-10)15-19-16(21-20-15)14(18)11-5-7-13(17)8-6-11/h2-9,14H,18H2,1H3,(H,19,20,21). The number of H-pyrrole nitrogens is 1. The molecule has 0 amide bonds. The van der Waals surface area contributed by atoms with Gasteiger partial charge < -0.3 is 5.73 Å². The van der Waals surface area contributed by atoms with Crippen LogP contribution in [-0.2, 0) is 0 Å². The first-order chi connectivity index (χ1) is 10.1. The molecule has 0 spiro atoms. The number of aryl methyl sites for hydroxylation is 1. The van der Waals surface area contributed by atoms with Crippen LogP contribution in [0.1, 0.15) is 23.0 Å². The zero-order valence-corrected chi connectivity index (χ0v) is 11.5. The fraction of sp³-hybridized carbons (Fsp3) is 0.125. The molecule has 106 valence electrons. The van der Waals surface area contributed by atoms with Crippen molar-refractivity contribution in [2.75, 3.05) is 0 Å². The SMILES string of the molecule is Cc1cccc(-c2n[nH]c(C(N)c3ccc(F)cc3)n2)c1. The molecule has 3 N–H and O–H groups in total. The molecule has 1 unspecified atom stereocenters.